The van der Waals surface area contributed by atoms with E-state index in [1.165, 1.54) is 6.08 Å². The molecule has 0 aromatic carbocycles. The molecule has 0 spiro atoms. The Morgan fingerprint density at radius 2 is 1.85 bits per heavy atom. The molecular weight excluding hydrogens is 188 g/mol. The first kappa shape index (κ1) is 10.7. The van der Waals surface area contributed by atoms with Crippen LogP contribution in [0.1, 0.15) is 27.7 Å². The van der Waals surface area contributed by atoms with Crippen LogP contribution >= 0.6 is 0 Å². The van der Waals surface area contributed by atoms with Gasteiger partial charge in [0.05, 0.1) is 5.60 Å². The Hall–Kier alpha value is -0.350. The standard InChI is InChI=1S/C9H16O3S/c1-6-9(5)7(2)8(3,4)12-13(9,10)11/h6-7H,1H2,2-5H3. The molecule has 0 radical (unpaired) electrons. The van der Waals surface area contributed by atoms with Crippen LogP contribution in [0, 0.1) is 5.92 Å². The minimum Gasteiger partial charge on any atom is -0.263 e. The molecule has 76 valence electrons. The molecule has 1 aliphatic heterocycles. The largest absolute Gasteiger partial charge is 0.277 e. The fourth-order valence-corrected chi connectivity index (χ4v) is 3.44. The van der Waals surface area contributed by atoms with Gasteiger partial charge in [-0.3, -0.25) is 4.18 Å². The molecule has 1 fully saturated rings. The fraction of sp³-hybridized carbons (Fsp3) is 0.778. The van der Waals surface area contributed by atoms with Crippen LogP contribution in [0.2, 0.25) is 0 Å². The smallest absolute Gasteiger partial charge is 0.263 e. The molecule has 4 heteroatoms. The zero-order valence-electron chi connectivity index (χ0n) is 8.49. The Balaban J connectivity index is 3.33. The molecule has 0 aliphatic carbocycles. The fourth-order valence-electron chi connectivity index (χ4n) is 1.63. The van der Waals surface area contributed by atoms with E-state index in [-0.39, 0.29) is 5.92 Å². The second-order valence-corrected chi connectivity index (χ2v) is 6.21. The third-order valence-electron chi connectivity index (χ3n) is 3.17. The zero-order chi connectivity index (χ0) is 10.5. The SMILES string of the molecule is C=CC1(C)C(C)C(C)(C)OS1(=O)=O. The Kier molecular flexibility index (Phi) is 2.13. The lowest BCUT2D eigenvalue weighted by Gasteiger charge is -2.26. The van der Waals surface area contributed by atoms with E-state index in [1.807, 2.05) is 6.92 Å². The molecule has 2 unspecified atom stereocenters. The second-order valence-electron chi connectivity index (χ2n) is 4.25. The average Bonchev–Trinajstić information content (AvgIpc) is 2.09. The van der Waals surface area contributed by atoms with E-state index < -0.39 is 20.5 Å². The third-order valence-corrected chi connectivity index (χ3v) is 5.42. The highest BCUT2D eigenvalue weighted by Crippen LogP contribution is 2.46. The molecule has 13 heavy (non-hydrogen) atoms. The Bertz CT molecular complexity index is 329. The molecule has 0 aromatic heterocycles. The van der Waals surface area contributed by atoms with Crippen LogP contribution < -0.4 is 0 Å². The van der Waals surface area contributed by atoms with Gasteiger partial charge in [-0.15, -0.1) is 6.58 Å². The van der Waals surface area contributed by atoms with E-state index in [1.54, 1.807) is 20.8 Å². The summed E-state index contributed by atoms with van der Waals surface area (Å²) in [5.74, 6) is -0.0949. The molecule has 2 atom stereocenters. The first-order valence-corrected chi connectivity index (χ1v) is 5.67. The maximum atomic E-state index is 11.6. The minimum atomic E-state index is -3.51. The van der Waals surface area contributed by atoms with Crippen molar-refractivity contribution in [3.63, 3.8) is 0 Å². The summed E-state index contributed by atoms with van der Waals surface area (Å²) in [6.45, 7) is 10.6. The predicted molar refractivity (Wildman–Crippen MR) is 51.8 cm³/mol. The van der Waals surface area contributed by atoms with Crippen LogP contribution in [0.25, 0.3) is 0 Å². The summed E-state index contributed by atoms with van der Waals surface area (Å²) in [6.07, 6.45) is 1.46. The van der Waals surface area contributed by atoms with Crippen LogP contribution in [0.15, 0.2) is 12.7 Å². The second kappa shape index (κ2) is 2.58. The van der Waals surface area contributed by atoms with Gasteiger partial charge in [0.15, 0.2) is 0 Å². The van der Waals surface area contributed by atoms with Gasteiger partial charge in [-0.25, -0.2) is 0 Å². The molecule has 0 saturated carbocycles. The summed E-state index contributed by atoms with van der Waals surface area (Å²) in [4.78, 5) is 0. The van der Waals surface area contributed by atoms with Crippen LogP contribution in [0.5, 0.6) is 0 Å². The van der Waals surface area contributed by atoms with E-state index in [0.29, 0.717) is 0 Å². The summed E-state index contributed by atoms with van der Waals surface area (Å²) in [6, 6.07) is 0. The van der Waals surface area contributed by atoms with Crippen molar-refractivity contribution < 1.29 is 12.6 Å². The summed E-state index contributed by atoms with van der Waals surface area (Å²) >= 11 is 0. The highest BCUT2D eigenvalue weighted by Gasteiger charge is 2.58. The van der Waals surface area contributed by atoms with Gasteiger partial charge in [-0.05, 0) is 20.8 Å². The zero-order valence-corrected chi connectivity index (χ0v) is 9.31. The van der Waals surface area contributed by atoms with E-state index in [0.717, 1.165) is 0 Å². The van der Waals surface area contributed by atoms with Crippen LogP contribution in [-0.2, 0) is 14.3 Å². The Morgan fingerprint density at radius 3 is 2.00 bits per heavy atom. The molecule has 1 aliphatic rings. The topological polar surface area (TPSA) is 43.4 Å². The van der Waals surface area contributed by atoms with Gasteiger partial charge >= 0.3 is 0 Å². The maximum Gasteiger partial charge on any atom is 0.277 e. The monoisotopic (exact) mass is 204 g/mol. The van der Waals surface area contributed by atoms with Crippen molar-refractivity contribution in [3.8, 4) is 0 Å². The van der Waals surface area contributed by atoms with Gasteiger partial charge in [0, 0.05) is 5.92 Å². The van der Waals surface area contributed by atoms with Gasteiger partial charge in [0.25, 0.3) is 10.1 Å². The Labute approximate surface area is 79.9 Å². The molecule has 3 nitrogen and oxygen atoms in total. The van der Waals surface area contributed by atoms with Crippen molar-refractivity contribution in [2.45, 2.75) is 38.0 Å². The maximum absolute atomic E-state index is 11.6. The highest BCUT2D eigenvalue weighted by molar-refractivity contribution is 7.88. The molecule has 1 heterocycles. The lowest BCUT2D eigenvalue weighted by Crippen LogP contribution is -2.37. The number of hydrogen-bond acceptors (Lipinski definition) is 3. The third kappa shape index (κ3) is 1.23. The van der Waals surface area contributed by atoms with E-state index in [4.69, 9.17) is 4.18 Å². The highest BCUT2D eigenvalue weighted by atomic mass is 32.2. The van der Waals surface area contributed by atoms with Crippen molar-refractivity contribution in [1.82, 2.24) is 0 Å². The summed E-state index contributed by atoms with van der Waals surface area (Å²) in [5, 5.41) is 0. The number of rotatable bonds is 1. The van der Waals surface area contributed by atoms with E-state index in [2.05, 4.69) is 6.58 Å². The van der Waals surface area contributed by atoms with E-state index in [9.17, 15) is 8.42 Å². The summed E-state index contributed by atoms with van der Waals surface area (Å²) in [7, 11) is -3.51. The van der Waals surface area contributed by atoms with Crippen molar-refractivity contribution in [3.05, 3.63) is 12.7 Å². The van der Waals surface area contributed by atoms with Crippen molar-refractivity contribution >= 4 is 10.1 Å². The van der Waals surface area contributed by atoms with Crippen LogP contribution in [0.4, 0.5) is 0 Å². The minimum absolute atomic E-state index is 0.0949. The molecule has 1 saturated heterocycles. The van der Waals surface area contributed by atoms with Gasteiger partial charge in [-0.1, -0.05) is 13.0 Å². The molecule has 0 bridgehead atoms. The Morgan fingerprint density at radius 1 is 1.38 bits per heavy atom. The number of hydrogen-bond donors (Lipinski definition) is 0. The lowest BCUT2D eigenvalue weighted by molar-refractivity contribution is 0.0911. The first-order valence-electron chi connectivity index (χ1n) is 4.26. The molecular formula is C9H16O3S. The van der Waals surface area contributed by atoms with Gasteiger partial charge in [0.2, 0.25) is 0 Å². The van der Waals surface area contributed by atoms with Crippen molar-refractivity contribution in [2.75, 3.05) is 0 Å². The van der Waals surface area contributed by atoms with Crippen LogP contribution in [0.3, 0.4) is 0 Å². The average molecular weight is 204 g/mol. The quantitative estimate of drug-likeness (QED) is 0.482. The van der Waals surface area contributed by atoms with Gasteiger partial charge in [-0.2, -0.15) is 8.42 Å². The van der Waals surface area contributed by atoms with Crippen molar-refractivity contribution in [2.24, 2.45) is 5.92 Å². The van der Waals surface area contributed by atoms with Gasteiger partial charge in [0.1, 0.15) is 4.75 Å². The summed E-state index contributed by atoms with van der Waals surface area (Å²) in [5.41, 5.74) is -0.637. The summed E-state index contributed by atoms with van der Waals surface area (Å²) < 4.78 is 27.4. The van der Waals surface area contributed by atoms with Gasteiger partial charge < -0.3 is 0 Å². The normalized spacial score (nSPS) is 41.7. The lowest BCUT2D eigenvalue weighted by atomic mass is 9.82. The van der Waals surface area contributed by atoms with E-state index >= 15 is 0 Å². The molecule has 1 rings (SSSR count). The molecule has 0 amide bonds. The van der Waals surface area contributed by atoms with Crippen molar-refractivity contribution in [1.29, 1.82) is 0 Å². The first-order chi connectivity index (χ1) is 5.67. The molecule has 0 aromatic rings. The molecule has 0 N–H and O–H groups in total. The predicted octanol–water partition coefficient (Wildman–Crippen LogP) is 1.71. The van der Waals surface area contributed by atoms with Crippen LogP contribution in [-0.4, -0.2) is 18.8 Å².